The van der Waals surface area contributed by atoms with Gasteiger partial charge in [-0.05, 0) is 18.1 Å². The summed E-state index contributed by atoms with van der Waals surface area (Å²) < 4.78 is 37.6. The number of likely N-dealkylation sites (tertiary alicyclic amines) is 1. The van der Waals surface area contributed by atoms with Gasteiger partial charge in [0.05, 0.1) is 12.0 Å². The molecule has 0 bridgehead atoms. The summed E-state index contributed by atoms with van der Waals surface area (Å²) >= 11 is 0. The van der Waals surface area contributed by atoms with Gasteiger partial charge < -0.3 is 10.6 Å². The van der Waals surface area contributed by atoms with Crippen LogP contribution in [0.25, 0.3) is 0 Å². The van der Waals surface area contributed by atoms with Crippen LogP contribution < -0.4 is 5.73 Å². The van der Waals surface area contributed by atoms with Gasteiger partial charge in [-0.15, -0.1) is 0 Å². The minimum absolute atomic E-state index is 0.0172. The lowest BCUT2D eigenvalue weighted by Crippen LogP contribution is -2.32. The topological polar surface area (TPSA) is 46.3 Å². The van der Waals surface area contributed by atoms with Gasteiger partial charge in [-0.2, -0.15) is 13.2 Å². The first kappa shape index (κ1) is 13.9. The van der Waals surface area contributed by atoms with Crippen LogP contribution in [-0.2, 0) is 17.4 Å². The van der Waals surface area contributed by atoms with E-state index < -0.39 is 11.7 Å². The first-order chi connectivity index (χ1) is 8.86. The van der Waals surface area contributed by atoms with E-state index in [1.54, 1.807) is 4.90 Å². The van der Waals surface area contributed by atoms with Crippen molar-refractivity contribution in [1.29, 1.82) is 0 Å². The molecule has 0 saturated carbocycles. The van der Waals surface area contributed by atoms with Crippen LogP contribution in [0.1, 0.15) is 17.5 Å². The molecule has 1 aliphatic heterocycles. The summed E-state index contributed by atoms with van der Waals surface area (Å²) in [6.07, 6.45) is -3.65. The second kappa shape index (κ2) is 5.21. The molecular weight excluding hydrogens is 257 g/mol. The number of amides is 1. The molecule has 1 aliphatic rings. The molecule has 1 aromatic carbocycles. The van der Waals surface area contributed by atoms with E-state index in [9.17, 15) is 18.0 Å². The summed E-state index contributed by atoms with van der Waals surface area (Å²) in [4.78, 5) is 13.5. The van der Waals surface area contributed by atoms with E-state index >= 15 is 0 Å². The van der Waals surface area contributed by atoms with Crippen LogP contribution in [-0.4, -0.2) is 29.9 Å². The van der Waals surface area contributed by atoms with E-state index in [2.05, 4.69) is 0 Å². The van der Waals surface area contributed by atoms with Crippen molar-refractivity contribution in [2.75, 3.05) is 13.1 Å². The summed E-state index contributed by atoms with van der Waals surface area (Å²) in [6.45, 7) is 1.07. The summed E-state index contributed by atoms with van der Waals surface area (Å²) in [6, 6.07) is 4.85. The quantitative estimate of drug-likeness (QED) is 0.892. The molecule has 1 amide bonds. The second-order valence-corrected chi connectivity index (χ2v) is 4.76. The van der Waals surface area contributed by atoms with E-state index in [-0.39, 0.29) is 18.4 Å². The first-order valence-electron chi connectivity index (χ1n) is 6.06. The lowest BCUT2D eigenvalue weighted by molar-refractivity contribution is -0.137. The SMILES string of the molecule is N[C@@H]1CCN(C(=O)Cc2cccc(C(F)(F)F)c2)C1. The number of hydrogen-bond acceptors (Lipinski definition) is 2. The van der Waals surface area contributed by atoms with Gasteiger partial charge in [0.2, 0.25) is 5.91 Å². The molecule has 0 spiro atoms. The molecule has 19 heavy (non-hydrogen) atoms. The molecular formula is C13H15F3N2O. The van der Waals surface area contributed by atoms with Crippen LogP contribution in [0, 0.1) is 0 Å². The van der Waals surface area contributed by atoms with Crippen LogP contribution in [0.15, 0.2) is 24.3 Å². The van der Waals surface area contributed by atoms with Gasteiger partial charge in [-0.1, -0.05) is 18.2 Å². The highest BCUT2D eigenvalue weighted by Gasteiger charge is 2.30. The summed E-state index contributed by atoms with van der Waals surface area (Å²) in [5, 5.41) is 0. The predicted molar refractivity (Wildman–Crippen MR) is 64.3 cm³/mol. The number of benzene rings is 1. The molecule has 1 aromatic rings. The Labute approximate surface area is 109 Å². The zero-order valence-corrected chi connectivity index (χ0v) is 10.3. The summed E-state index contributed by atoms with van der Waals surface area (Å²) in [7, 11) is 0. The van der Waals surface area contributed by atoms with Gasteiger partial charge in [0.15, 0.2) is 0 Å². The number of carbonyl (C=O) groups excluding carboxylic acids is 1. The highest BCUT2D eigenvalue weighted by molar-refractivity contribution is 5.79. The van der Waals surface area contributed by atoms with Crippen molar-refractivity contribution in [3.05, 3.63) is 35.4 Å². The Hall–Kier alpha value is -1.56. The molecule has 6 heteroatoms. The molecule has 0 unspecified atom stereocenters. The highest BCUT2D eigenvalue weighted by atomic mass is 19.4. The lowest BCUT2D eigenvalue weighted by Gasteiger charge is -2.16. The highest BCUT2D eigenvalue weighted by Crippen LogP contribution is 2.29. The maximum atomic E-state index is 12.5. The fourth-order valence-electron chi connectivity index (χ4n) is 2.16. The third kappa shape index (κ3) is 3.47. The molecule has 1 saturated heterocycles. The Morgan fingerprint density at radius 1 is 1.42 bits per heavy atom. The smallest absolute Gasteiger partial charge is 0.341 e. The Balaban J connectivity index is 2.05. The van der Waals surface area contributed by atoms with Gasteiger partial charge >= 0.3 is 6.18 Å². The molecule has 1 heterocycles. The third-order valence-corrected chi connectivity index (χ3v) is 3.19. The maximum Gasteiger partial charge on any atom is 0.416 e. The van der Waals surface area contributed by atoms with E-state index in [4.69, 9.17) is 5.73 Å². The van der Waals surface area contributed by atoms with Crippen LogP contribution in [0.5, 0.6) is 0 Å². The summed E-state index contributed by atoms with van der Waals surface area (Å²) in [5.41, 5.74) is 5.34. The Morgan fingerprint density at radius 2 is 2.16 bits per heavy atom. The molecule has 0 aliphatic carbocycles. The van der Waals surface area contributed by atoms with Crippen molar-refractivity contribution >= 4 is 5.91 Å². The summed E-state index contributed by atoms with van der Waals surface area (Å²) in [5.74, 6) is -0.174. The number of halogens is 3. The van der Waals surface area contributed by atoms with Gasteiger partial charge in [0.25, 0.3) is 0 Å². The molecule has 1 fully saturated rings. The third-order valence-electron chi connectivity index (χ3n) is 3.19. The molecule has 104 valence electrons. The van der Waals surface area contributed by atoms with E-state index in [0.717, 1.165) is 18.6 Å². The molecule has 0 radical (unpaired) electrons. The lowest BCUT2D eigenvalue weighted by atomic mass is 10.1. The first-order valence-corrected chi connectivity index (χ1v) is 6.06. The van der Waals surface area contributed by atoms with Crippen LogP contribution >= 0.6 is 0 Å². The Kier molecular flexibility index (Phi) is 3.80. The predicted octanol–water partition coefficient (Wildman–Crippen LogP) is 1.81. The Bertz CT molecular complexity index is 473. The number of hydrogen-bond donors (Lipinski definition) is 1. The molecule has 2 rings (SSSR count). The van der Waals surface area contributed by atoms with Crippen LogP contribution in [0.3, 0.4) is 0 Å². The number of nitrogens with two attached hydrogens (primary N) is 1. The van der Waals surface area contributed by atoms with E-state index in [1.165, 1.54) is 12.1 Å². The van der Waals surface area contributed by atoms with Crippen LogP contribution in [0.4, 0.5) is 13.2 Å². The number of alkyl halides is 3. The fraction of sp³-hybridized carbons (Fsp3) is 0.462. The minimum atomic E-state index is -4.38. The van der Waals surface area contributed by atoms with Crippen molar-refractivity contribution in [3.63, 3.8) is 0 Å². The van der Waals surface area contributed by atoms with Crippen molar-refractivity contribution in [1.82, 2.24) is 4.90 Å². The maximum absolute atomic E-state index is 12.5. The van der Waals surface area contributed by atoms with Gasteiger partial charge in [0, 0.05) is 19.1 Å². The Morgan fingerprint density at radius 3 is 2.74 bits per heavy atom. The van der Waals surface area contributed by atoms with Crippen molar-refractivity contribution in [2.45, 2.75) is 25.1 Å². The molecule has 1 atom stereocenters. The fourth-order valence-corrected chi connectivity index (χ4v) is 2.16. The molecule has 3 nitrogen and oxygen atoms in total. The van der Waals surface area contributed by atoms with Crippen molar-refractivity contribution < 1.29 is 18.0 Å². The largest absolute Gasteiger partial charge is 0.416 e. The second-order valence-electron chi connectivity index (χ2n) is 4.76. The average Bonchev–Trinajstić information content (AvgIpc) is 2.75. The standard InChI is InChI=1S/C13H15F3N2O/c14-13(15,16)10-3-1-2-9(6-10)7-12(19)18-5-4-11(17)8-18/h1-3,6,11H,4-5,7-8,17H2/t11-/m1/s1. The normalized spacial score (nSPS) is 19.8. The van der Waals surface area contributed by atoms with Crippen molar-refractivity contribution in [3.8, 4) is 0 Å². The van der Waals surface area contributed by atoms with Gasteiger partial charge in [-0.25, -0.2) is 0 Å². The van der Waals surface area contributed by atoms with Crippen molar-refractivity contribution in [2.24, 2.45) is 5.73 Å². The van der Waals surface area contributed by atoms with E-state index in [0.29, 0.717) is 18.7 Å². The van der Waals surface area contributed by atoms with Gasteiger partial charge in [-0.3, -0.25) is 4.79 Å². The van der Waals surface area contributed by atoms with E-state index in [1.807, 2.05) is 0 Å². The molecule has 0 aromatic heterocycles. The molecule has 2 N–H and O–H groups in total. The minimum Gasteiger partial charge on any atom is -0.341 e. The zero-order chi connectivity index (χ0) is 14.0. The van der Waals surface area contributed by atoms with Gasteiger partial charge in [0.1, 0.15) is 0 Å². The number of nitrogens with zero attached hydrogens (tertiary/aromatic N) is 1. The average molecular weight is 272 g/mol. The number of carbonyl (C=O) groups is 1. The number of rotatable bonds is 2. The van der Waals surface area contributed by atoms with Crippen LogP contribution in [0.2, 0.25) is 0 Å². The monoisotopic (exact) mass is 272 g/mol. The zero-order valence-electron chi connectivity index (χ0n) is 10.3.